The van der Waals surface area contributed by atoms with Crippen LogP contribution in [0.1, 0.15) is 13.3 Å². The fourth-order valence-electron chi connectivity index (χ4n) is 1.82. The molecule has 1 saturated heterocycles. The Morgan fingerprint density at radius 2 is 2.19 bits per heavy atom. The Morgan fingerprint density at radius 1 is 1.44 bits per heavy atom. The van der Waals surface area contributed by atoms with Crippen molar-refractivity contribution in [3.8, 4) is 0 Å². The van der Waals surface area contributed by atoms with E-state index in [1.807, 2.05) is 11.8 Å². The van der Waals surface area contributed by atoms with Crippen LogP contribution in [0.5, 0.6) is 0 Å². The summed E-state index contributed by atoms with van der Waals surface area (Å²) in [6.45, 7) is 4.19. The quantitative estimate of drug-likeness (QED) is 0.689. The number of nitrogens with zero attached hydrogens (tertiary/aromatic N) is 1. The first-order valence-electron chi connectivity index (χ1n) is 5.72. The molecule has 96 valence electrons. The van der Waals surface area contributed by atoms with Crippen molar-refractivity contribution in [1.82, 2.24) is 4.90 Å². The van der Waals surface area contributed by atoms with Crippen LogP contribution in [0.15, 0.2) is 0 Å². The zero-order valence-electron chi connectivity index (χ0n) is 9.76. The van der Waals surface area contributed by atoms with E-state index < -0.39 is 9.84 Å². The summed E-state index contributed by atoms with van der Waals surface area (Å²) >= 11 is 0. The van der Waals surface area contributed by atoms with E-state index >= 15 is 0 Å². The summed E-state index contributed by atoms with van der Waals surface area (Å²) in [5.74, 6) is 0.429. The molecule has 1 rings (SSSR count). The van der Waals surface area contributed by atoms with E-state index in [9.17, 15) is 8.42 Å². The lowest BCUT2D eigenvalue weighted by atomic mass is 10.2. The van der Waals surface area contributed by atoms with E-state index in [0.29, 0.717) is 32.7 Å². The second-order valence-corrected chi connectivity index (χ2v) is 6.40. The van der Waals surface area contributed by atoms with Crippen LogP contribution in [-0.2, 0) is 14.6 Å². The van der Waals surface area contributed by atoms with Gasteiger partial charge in [-0.05, 0) is 6.42 Å². The standard InChI is InChI=1S/C10H21NO4S/c1-2-6-16(13,14)7-4-11-3-5-15-9-10(11)8-12/h10,12H,2-9H2,1H3. The minimum atomic E-state index is -2.93. The molecule has 5 nitrogen and oxygen atoms in total. The van der Waals surface area contributed by atoms with Crippen LogP contribution in [-0.4, -0.2) is 68.9 Å². The number of ether oxygens (including phenoxy) is 1. The minimum absolute atomic E-state index is 0.0217. The third-order valence-electron chi connectivity index (χ3n) is 2.76. The van der Waals surface area contributed by atoms with Gasteiger partial charge < -0.3 is 9.84 Å². The van der Waals surface area contributed by atoms with Crippen molar-refractivity contribution in [3.05, 3.63) is 0 Å². The van der Waals surface area contributed by atoms with Crippen LogP contribution in [0.4, 0.5) is 0 Å². The summed E-state index contributed by atoms with van der Waals surface area (Å²) < 4.78 is 28.3. The maximum absolute atomic E-state index is 11.5. The largest absolute Gasteiger partial charge is 0.395 e. The average Bonchev–Trinajstić information content (AvgIpc) is 2.27. The summed E-state index contributed by atoms with van der Waals surface area (Å²) in [4.78, 5) is 2.00. The second-order valence-electron chi connectivity index (χ2n) is 4.10. The molecule has 0 aromatic rings. The number of hydrogen-bond donors (Lipinski definition) is 1. The SMILES string of the molecule is CCCS(=O)(=O)CCN1CCOCC1CO. The molecule has 0 spiro atoms. The molecule has 1 atom stereocenters. The number of aliphatic hydroxyl groups excluding tert-OH is 1. The predicted molar refractivity (Wildman–Crippen MR) is 62.2 cm³/mol. The number of hydrogen-bond acceptors (Lipinski definition) is 5. The van der Waals surface area contributed by atoms with E-state index in [0.717, 1.165) is 0 Å². The third kappa shape index (κ3) is 4.37. The van der Waals surface area contributed by atoms with E-state index in [-0.39, 0.29) is 24.2 Å². The fourth-order valence-corrected chi connectivity index (χ4v) is 3.16. The highest BCUT2D eigenvalue weighted by molar-refractivity contribution is 7.91. The van der Waals surface area contributed by atoms with Gasteiger partial charge in [-0.15, -0.1) is 0 Å². The topological polar surface area (TPSA) is 66.8 Å². The zero-order chi connectivity index (χ0) is 12.0. The van der Waals surface area contributed by atoms with Gasteiger partial charge in [0.15, 0.2) is 9.84 Å². The molecular formula is C10H21NO4S. The molecule has 1 unspecified atom stereocenters. The smallest absolute Gasteiger partial charge is 0.151 e. The molecule has 1 aliphatic rings. The summed E-state index contributed by atoms with van der Waals surface area (Å²) in [5.41, 5.74) is 0. The van der Waals surface area contributed by atoms with Crippen LogP contribution in [0, 0.1) is 0 Å². The molecule has 0 radical (unpaired) electrons. The third-order valence-corrected chi connectivity index (χ3v) is 4.60. The summed E-state index contributed by atoms with van der Waals surface area (Å²) in [6.07, 6.45) is 0.662. The molecule has 0 aliphatic carbocycles. The first-order valence-corrected chi connectivity index (χ1v) is 7.54. The van der Waals surface area contributed by atoms with Crippen molar-refractivity contribution < 1.29 is 18.3 Å². The molecule has 0 bridgehead atoms. The molecule has 16 heavy (non-hydrogen) atoms. The maximum Gasteiger partial charge on any atom is 0.151 e. The Hall–Kier alpha value is -0.170. The Bertz CT molecular complexity index is 291. The molecule has 1 fully saturated rings. The van der Waals surface area contributed by atoms with Crippen LogP contribution >= 0.6 is 0 Å². The molecule has 1 heterocycles. The average molecular weight is 251 g/mol. The lowest BCUT2D eigenvalue weighted by molar-refractivity contribution is -0.0245. The first-order chi connectivity index (χ1) is 7.59. The van der Waals surface area contributed by atoms with E-state index in [2.05, 4.69) is 0 Å². The summed E-state index contributed by atoms with van der Waals surface area (Å²) in [5, 5.41) is 9.12. The van der Waals surface area contributed by atoms with Gasteiger partial charge >= 0.3 is 0 Å². The van der Waals surface area contributed by atoms with Crippen molar-refractivity contribution in [1.29, 1.82) is 0 Å². The van der Waals surface area contributed by atoms with Gasteiger partial charge in [0.1, 0.15) is 0 Å². The number of sulfone groups is 1. The Kier molecular flexibility index (Phi) is 5.68. The Labute approximate surface area is 97.3 Å². The first kappa shape index (κ1) is 13.9. The van der Waals surface area contributed by atoms with Gasteiger partial charge in [-0.1, -0.05) is 6.92 Å². The predicted octanol–water partition coefficient (Wildman–Crippen LogP) is -0.496. The van der Waals surface area contributed by atoms with E-state index in [4.69, 9.17) is 9.84 Å². The highest BCUT2D eigenvalue weighted by Crippen LogP contribution is 2.07. The zero-order valence-corrected chi connectivity index (χ0v) is 10.6. The second kappa shape index (κ2) is 6.54. The van der Waals surface area contributed by atoms with Crippen molar-refractivity contribution in [2.45, 2.75) is 19.4 Å². The molecule has 0 aromatic heterocycles. The molecule has 0 amide bonds. The van der Waals surface area contributed by atoms with Crippen molar-refractivity contribution >= 4 is 9.84 Å². The van der Waals surface area contributed by atoms with Crippen LogP contribution in [0.2, 0.25) is 0 Å². The molecule has 1 N–H and O–H groups in total. The summed E-state index contributed by atoms with van der Waals surface area (Å²) in [7, 11) is -2.93. The van der Waals surface area contributed by atoms with Gasteiger partial charge in [0.05, 0.1) is 31.6 Å². The van der Waals surface area contributed by atoms with Gasteiger partial charge in [-0.3, -0.25) is 4.90 Å². The number of aliphatic hydroxyl groups is 1. The van der Waals surface area contributed by atoms with Gasteiger partial charge in [0.2, 0.25) is 0 Å². The van der Waals surface area contributed by atoms with E-state index in [1.54, 1.807) is 0 Å². The normalized spacial score (nSPS) is 23.5. The van der Waals surface area contributed by atoms with E-state index in [1.165, 1.54) is 0 Å². The number of morpholine rings is 1. The monoisotopic (exact) mass is 251 g/mol. The minimum Gasteiger partial charge on any atom is -0.395 e. The van der Waals surface area contributed by atoms with Crippen LogP contribution in [0.25, 0.3) is 0 Å². The van der Waals surface area contributed by atoms with Crippen LogP contribution in [0.3, 0.4) is 0 Å². The van der Waals surface area contributed by atoms with Gasteiger partial charge in [0, 0.05) is 18.8 Å². The highest BCUT2D eigenvalue weighted by Gasteiger charge is 2.23. The van der Waals surface area contributed by atoms with Gasteiger partial charge in [0.25, 0.3) is 0 Å². The Morgan fingerprint density at radius 3 is 2.81 bits per heavy atom. The van der Waals surface area contributed by atoms with Gasteiger partial charge in [-0.25, -0.2) is 8.42 Å². The Balaban J connectivity index is 2.41. The molecule has 6 heteroatoms. The molecular weight excluding hydrogens is 230 g/mol. The highest BCUT2D eigenvalue weighted by atomic mass is 32.2. The molecule has 0 saturated carbocycles. The lowest BCUT2D eigenvalue weighted by Gasteiger charge is -2.34. The maximum atomic E-state index is 11.5. The molecule has 1 aliphatic heterocycles. The van der Waals surface area contributed by atoms with Crippen LogP contribution < -0.4 is 0 Å². The van der Waals surface area contributed by atoms with Gasteiger partial charge in [-0.2, -0.15) is 0 Å². The molecule has 0 aromatic carbocycles. The number of rotatable bonds is 6. The van der Waals surface area contributed by atoms with Crippen molar-refractivity contribution in [2.24, 2.45) is 0 Å². The van der Waals surface area contributed by atoms with Crippen molar-refractivity contribution in [2.75, 3.05) is 44.4 Å². The van der Waals surface area contributed by atoms with Crippen molar-refractivity contribution in [3.63, 3.8) is 0 Å². The fraction of sp³-hybridized carbons (Fsp3) is 1.00. The lowest BCUT2D eigenvalue weighted by Crippen LogP contribution is -2.49. The summed E-state index contributed by atoms with van der Waals surface area (Å²) in [6, 6.07) is -0.0504.